The number of para-hydroxylation sites is 2. The van der Waals surface area contributed by atoms with Crippen molar-refractivity contribution in [2.24, 2.45) is 0 Å². The third-order valence-corrected chi connectivity index (χ3v) is 3.20. The van der Waals surface area contributed by atoms with Gasteiger partial charge >= 0.3 is 6.09 Å². The molecular formula is C19H20N2O2. The van der Waals surface area contributed by atoms with Gasteiger partial charge in [0.1, 0.15) is 11.7 Å². The third-order valence-electron chi connectivity index (χ3n) is 3.20. The molecule has 4 nitrogen and oxygen atoms in total. The summed E-state index contributed by atoms with van der Waals surface area (Å²) < 4.78 is 5.54. The van der Waals surface area contributed by atoms with Gasteiger partial charge in [0.15, 0.2) is 0 Å². The van der Waals surface area contributed by atoms with Crippen molar-refractivity contribution in [3.05, 3.63) is 59.7 Å². The Morgan fingerprint density at radius 1 is 1.04 bits per heavy atom. The lowest BCUT2D eigenvalue weighted by Gasteiger charge is -2.29. The van der Waals surface area contributed by atoms with Gasteiger partial charge in [0.05, 0.1) is 16.9 Å². The molecular weight excluding hydrogens is 288 g/mol. The first-order chi connectivity index (χ1) is 10.8. The second-order valence-electron chi connectivity index (χ2n) is 6.23. The van der Waals surface area contributed by atoms with Crippen LogP contribution < -0.4 is 4.90 Å². The Labute approximate surface area is 136 Å². The van der Waals surface area contributed by atoms with Crippen LogP contribution in [0.4, 0.5) is 16.2 Å². The maximum atomic E-state index is 12.8. The number of carbonyl (C=O) groups excluding carboxylic acids is 1. The minimum atomic E-state index is -0.625. The summed E-state index contributed by atoms with van der Waals surface area (Å²) in [6.45, 7) is 7.37. The lowest BCUT2D eigenvalue weighted by Crippen LogP contribution is -2.34. The Morgan fingerprint density at radius 3 is 2.17 bits per heavy atom. The van der Waals surface area contributed by atoms with Crippen LogP contribution in [0.1, 0.15) is 31.9 Å². The minimum Gasteiger partial charge on any atom is -0.443 e. The molecule has 2 rings (SSSR count). The molecule has 0 aliphatic heterocycles. The molecule has 0 radical (unpaired) electrons. The summed E-state index contributed by atoms with van der Waals surface area (Å²) in [7, 11) is 0. The average Bonchev–Trinajstić information content (AvgIpc) is 2.48. The fourth-order valence-electron chi connectivity index (χ4n) is 2.21. The number of rotatable bonds is 2. The zero-order chi connectivity index (χ0) is 17.0. The van der Waals surface area contributed by atoms with Gasteiger partial charge in [-0.1, -0.05) is 30.3 Å². The van der Waals surface area contributed by atoms with Crippen molar-refractivity contribution in [2.75, 3.05) is 4.90 Å². The number of hydrogen-bond acceptors (Lipinski definition) is 3. The molecule has 4 heteroatoms. The molecule has 0 saturated heterocycles. The van der Waals surface area contributed by atoms with Crippen LogP contribution in [0, 0.1) is 18.3 Å². The Morgan fingerprint density at radius 2 is 1.61 bits per heavy atom. The van der Waals surface area contributed by atoms with Crippen LogP contribution in [0.3, 0.4) is 0 Å². The molecule has 0 aromatic heterocycles. The predicted octanol–water partition coefficient (Wildman–Crippen LogP) is 4.94. The Balaban J connectivity index is 2.59. The lowest BCUT2D eigenvalue weighted by molar-refractivity contribution is 0.0599. The first kappa shape index (κ1) is 16.6. The Bertz CT molecular complexity index is 754. The number of hydrogen-bond donors (Lipinski definition) is 0. The predicted molar refractivity (Wildman–Crippen MR) is 90.7 cm³/mol. The van der Waals surface area contributed by atoms with E-state index in [1.807, 2.05) is 52.0 Å². The van der Waals surface area contributed by atoms with E-state index in [2.05, 4.69) is 6.07 Å². The number of carbonyl (C=O) groups is 1. The molecule has 0 N–H and O–H groups in total. The number of benzene rings is 2. The number of amides is 1. The van der Waals surface area contributed by atoms with Gasteiger partial charge in [-0.2, -0.15) is 5.26 Å². The molecule has 2 aromatic rings. The number of nitriles is 1. The molecule has 0 aliphatic rings. The minimum absolute atomic E-state index is 0.418. The smallest absolute Gasteiger partial charge is 0.419 e. The molecule has 118 valence electrons. The van der Waals surface area contributed by atoms with Crippen LogP contribution in [0.25, 0.3) is 0 Å². The normalized spacial score (nSPS) is 10.7. The van der Waals surface area contributed by atoms with E-state index < -0.39 is 11.7 Å². The molecule has 0 unspecified atom stereocenters. The number of ether oxygens (including phenoxy) is 1. The van der Waals surface area contributed by atoms with Gasteiger partial charge in [-0.05, 0) is 51.5 Å². The van der Waals surface area contributed by atoms with Crippen LogP contribution >= 0.6 is 0 Å². The molecule has 1 amide bonds. The van der Waals surface area contributed by atoms with Gasteiger partial charge < -0.3 is 4.74 Å². The second kappa shape index (κ2) is 6.53. The lowest BCUT2D eigenvalue weighted by atomic mass is 10.1. The van der Waals surface area contributed by atoms with Crippen molar-refractivity contribution in [1.29, 1.82) is 5.26 Å². The van der Waals surface area contributed by atoms with Gasteiger partial charge in [-0.25, -0.2) is 9.69 Å². The molecule has 0 heterocycles. The zero-order valence-corrected chi connectivity index (χ0v) is 13.8. The summed E-state index contributed by atoms with van der Waals surface area (Å²) >= 11 is 0. The highest BCUT2D eigenvalue weighted by Crippen LogP contribution is 2.32. The van der Waals surface area contributed by atoms with Crippen LogP contribution in [-0.2, 0) is 4.74 Å². The van der Waals surface area contributed by atoms with E-state index in [1.165, 1.54) is 4.90 Å². The number of aryl methyl sites for hydroxylation is 1. The SMILES string of the molecule is Cc1ccccc1N(C(=O)OC(C)(C)C)c1ccccc1C#N. The average molecular weight is 308 g/mol. The van der Waals surface area contributed by atoms with Gasteiger partial charge in [-0.15, -0.1) is 0 Å². The van der Waals surface area contributed by atoms with Crippen molar-refractivity contribution in [1.82, 2.24) is 0 Å². The van der Waals surface area contributed by atoms with Crippen LogP contribution in [0.5, 0.6) is 0 Å². The van der Waals surface area contributed by atoms with Crippen molar-refractivity contribution >= 4 is 17.5 Å². The summed E-state index contributed by atoms with van der Waals surface area (Å²) in [5.74, 6) is 0. The topological polar surface area (TPSA) is 53.3 Å². The number of anilines is 2. The van der Waals surface area contributed by atoms with Crippen molar-refractivity contribution < 1.29 is 9.53 Å². The van der Waals surface area contributed by atoms with E-state index >= 15 is 0 Å². The van der Waals surface area contributed by atoms with Gasteiger partial charge in [-0.3, -0.25) is 0 Å². The highest BCUT2D eigenvalue weighted by molar-refractivity contribution is 5.98. The molecule has 0 bridgehead atoms. The monoisotopic (exact) mass is 308 g/mol. The Kier molecular flexibility index (Phi) is 4.71. The highest BCUT2D eigenvalue weighted by Gasteiger charge is 2.27. The van der Waals surface area contributed by atoms with E-state index in [4.69, 9.17) is 4.74 Å². The second-order valence-corrected chi connectivity index (χ2v) is 6.23. The van der Waals surface area contributed by atoms with Crippen molar-refractivity contribution in [3.63, 3.8) is 0 Å². The molecule has 0 saturated carbocycles. The molecule has 0 atom stereocenters. The Hall–Kier alpha value is -2.80. The largest absolute Gasteiger partial charge is 0.443 e. The summed E-state index contributed by atoms with van der Waals surface area (Å²) in [4.78, 5) is 14.2. The van der Waals surface area contributed by atoms with E-state index in [9.17, 15) is 10.1 Å². The summed E-state index contributed by atoms with van der Waals surface area (Å²) in [6.07, 6.45) is -0.505. The van der Waals surface area contributed by atoms with E-state index in [0.29, 0.717) is 16.9 Å². The first-order valence-electron chi connectivity index (χ1n) is 7.41. The van der Waals surface area contributed by atoms with Gasteiger partial charge in [0.2, 0.25) is 0 Å². The fraction of sp³-hybridized carbons (Fsp3) is 0.263. The third kappa shape index (κ3) is 3.89. The standard InChI is InChI=1S/C19H20N2O2/c1-14-9-5-7-11-16(14)21(18(22)23-19(2,3)4)17-12-8-6-10-15(17)13-20/h5-12H,1-4H3. The fourth-order valence-corrected chi connectivity index (χ4v) is 2.21. The van der Waals surface area contributed by atoms with E-state index in [1.54, 1.807) is 24.3 Å². The maximum Gasteiger partial charge on any atom is 0.419 e. The van der Waals surface area contributed by atoms with E-state index in [0.717, 1.165) is 5.56 Å². The van der Waals surface area contributed by atoms with Crippen molar-refractivity contribution in [3.8, 4) is 6.07 Å². The van der Waals surface area contributed by atoms with Crippen LogP contribution in [0.15, 0.2) is 48.5 Å². The van der Waals surface area contributed by atoms with Gasteiger partial charge in [0, 0.05) is 0 Å². The molecule has 0 aliphatic carbocycles. The number of nitrogens with zero attached hydrogens (tertiary/aromatic N) is 2. The summed E-state index contributed by atoms with van der Waals surface area (Å²) in [5.41, 5.74) is 1.93. The van der Waals surface area contributed by atoms with Crippen molar-refractivity contribution in [2.45, 2.75) is 33.3 Å². The molecule has 0 fully saturated rings. The summed E-state index contributed by atoms with van der Waals surface area (Å²) in [5, 5.41) is 9.37. The zero-order valence-electron chi connectivity index (χ0n) is 13.8. The van der Waals surface area contributed by atoms with Gasteiger partial charge in [0.25, 0.3) is 0 Å². The quantitative estimate of drug-likeness (QED) is 0.789. The molecule has 2 aromatic carbocycles. The first-order valence-corrected chi connectivity index (χ1v) is 7.41. The van der Waals surface area contributed by atoms with E-state index in [-0.39, 0.29) is 0 Å². The maximum absolute atomic E-state index is 12.8. The summed E-state index contributed by atoms with van der Waals surface area (Å²) in [6, 6.07) is 16.7. The molecule has 0 spiro atoms. The highest BCUT2D eigenvalue weighted by atomic mass is 16.6. The van der Waals surface area contributed by atoms with Crippen LogP contribution in [-0.4, -0.2) is 11.7 Å². The van der Waals surface area contributed by atoms with Crippen LogP contribution in [0.2, 0.25) is 0 Å². The molecule has 23 heavy (non-hydrogen) atoms.